The Morgan fingerprint density at radius 1 is 1.06 bits per heavy atom. The molecule has 9 heteroatoms. The summed E-state index contributed by atoms with van der Waals surface area (Å²) in [6, 6.07) is 18.4. The first-order valence-electron chi connectivity index (χ1n) is 10.4. The highest BCUT2D eigenvalue weighted by molar-refractivity contribution is 8.15. The number of para-hydroxylation sites is 1. The largest absolute Gasteiger partial charge is 0.490 e. The fourth-order valence-electron chi connectivity index (χ4n) is 3.48. The van der Waals surface area contributed by atoms with Crippen LogP contribution in [0.4, 0.5) is 9.59 Å². The molecule has 2 aromatic rings. The Balaban J connectivity index is 1.25. The van der Waals surface area contributed by atoms with Crippen molar-refractivity contribution in [2.24, 2.45) is 0 Å². The van der Waals surface area contributed by atoms with Gasteiger partial charge in [-0.1, -0.05) is 48.5 Å². The summed E-state index contributed by atoms with van der Waals surface area (Å²) in [6.45, 7) is 2.35. The third-order valence-corrected chi connectivity index (χ3v) is 6.23. The Hall–Kier alpha value is -3.04. The van der Waals surface area contributed by atoms with Crippen molar-refractivity contribution in [2.75, 3.05) is 19.8 Å². The van der Waals surface area contributed by atoms with Gasteiger partial charge in [-0.3, -0.25) is 19.3 Å². The number of thioether (sulfide) groups is 1. The minimum absolute atomic E-state index is 0.00252. The smallest absolute Gasteiger partial charge is 0.410 e. The summed E-state index contributed by atoms with van der Waals surface area (Å²) in [5.74, 6) is 0.321. The lowest BCUT2D eigenvalue weighted by molar-refractivity contribution is -0.166. The van der Waals surface area contributed by atoms with Crippen LogP contribution in [0.3, 0.4) is 0 Å². The standard InChI is InChI=1S/C23H24N2O6S/c1-16(24-13-19(31-22(24)27)15-29-18-10-6-3-7-11-18)14-30-25-21(26)20(32-23(25)28)12-17-8-4-2-5-9-17/h2-11,16,19-20H,12-15H2,1H3. The molecule has 8 nitrogen and oxygen atoms in total. The van der Waals surface area contributed by atoms with Crippen LogP contribution >= 0.6 is 11.8 Å². The molecule has 3 amide bonds. The highest BCUT2D eigenvalue weighted by Gasteiger charge is 2.42. The fraction of sp³-hybridized carbons (Fsp3) is 0.348. The van der Waals surface area contributed by atoms with Crippen LogP contribution in [0.25, 0.3) is 0 Å². The number of benzene rings is 2. The Morgan fingerprint density at radius 2 is 1.75 bits per heavy atom. The third-order valence-electron chi connectivity index (χ3n) is 5.21. The molecule has 2 fully saturated rings. The summed E-state index contributed by atoms with van der Waals surface area (Å²) in [5.41, 5.74) is 0.977. The van der Waals surface area contributed by atoms with E-state index in [4.69, 9.17) is 14.3 Å². The van der Waals surface area contributed by atoms with E-state index in [0.717, 1.165) is 22.4 Å². The van der Waals surface area contributed by atoms with Gasteiger partial charge in [-0.15, -0.1) is 5.06 Å². The van der Waals surface area contributed by atoms with E-state index in [2.05, 4.69) is 0 Å². The molecule has 2 aliphatic heterocycles. The van der Waals surface area contributed by atoms with Gasteiger partial charge < -0.3 is 9.47 Å². The number of carbonyl (C=O) groups is 3. The van der Waals surface area contributed by atoms with Crippen LogP contribution in [-0.4, -0.2) is 64.4 Å². The van der Waals surface area contributed by atoms with Crippen LogP contribution in [-0.2, 0) is 20.8 Å². The lowest BCUT2D eigenvalue weighted by Crippen LogP contribution is -2.41. The Bertz CT molecular complexity index is 957. The zero-order chi connectivity index (χ0) is 22.5. The third kappa shape index (κ3) is 5.23. The molecule has 4 rings (SSSR count). The molecule has 32 heavy (non-hydrogen) atoms. The summed E-state index contributed by atoms with van der Waals surface area (Å²) in [4.78, 5) is 44.2. The van der Waals surface area contributed by atoms with E-state index in [0.29, 0.717) is 18.7 Å². The molecule has 3 atom stereocenters. The summed E-state index contributed by atoms with van der Waals surface area (Å²) < 4.78 is 11.0. The zero-order valence-electron chi connectivity index (χ0n) is 17.6. The summed E-state index contributed by atoms with van der Waals surface area (Å²) in [6.07, 6.45) is -0.434. The molecule has 0 aliphatic carbocycles. The van der Waals surface area contributed by atoms with Gasteiger partial charge in [0.15, 0.2) is 6.10 Å². The van der Waals surface area contributed by atoms with Crippen molar-refractivity contribution in [1.82, 2.24) is 9.96 Å². The summed E-state index contributed by atoms with van der Waals surface area (Å²) in [7, 11) is 0. The topological polar surface area (TPSA) is 85.4 Å². The second-order valence-electron chi connectivity index (χ2n) is 7.62. The van der Waals surface area contributed by atoms with E-state index in [1.165, 1.54) is 4.90 Å². The van der Waals surface area contributed by atoms with Crippen molar-refractivity contribution in [3.63, 3.8) is 0 Å². The minimum atomic E-state index is -0.517. The minimum Gasteiger partial charge on any atom is -0.490 e. The average molecular weight is 457 g/mol. The number of ether oxygens (including phenoxy) is 2. The predicted octanol–water partition coefficient (Wildman–Crippen LogP) is 3.51. The van der Waals surface area contributed by atoms with E-state index in [-0.39, 0.29) is 25.2 Å². The Kier molecular flexibility index (Phi) is 6.96. The van der Waals surface area contributed by atoms with Crippen molar-refractivity contribution in [2.45, 2.75) is 30.7 Å². The number of carbonyl (C=O) groups excluding carboxylic acids is 3. The summed E-state index contributed by atoms with van der Waals surface area (Å²) in [5, 5.41) is -0.149. The number of rotatable bonds is 9. The first-order chi connectivity index (χ1) is 15.5. The van der Waals surface area contributed by atoms with Crippen LogP contribution in [0.5, 0.6) is 5.75 Å². The average Bonchev–Trinajstić information content (AvgIpc) is 3.31. The molecule has 0 bridgehead atoms. The molecule has 0 N–H and O–H groups in total. The van der Waals surface area contributed by atoms with E-state index in [9.17, 15) is 14.4 Å². The van der Waals surface area contributed by atoms with Crippen molar-refractivity contribution in [1.29, 1.82) is 0 Å². The van der Waals surface area contributed by atoms with Gasteiger partial charge in [-0.2, -0.15) is 0 Å². The van der Waals surface area contributed by atoms with Crippen LogP contribution in [0.2, 0.25) is 0 Å². The molecule has 2 aliphatic rings. The van der Waals surface area contributed by atoms with Gasteiger partial charge in [0.05, 0.1) is 24.4 Å². The molecule has 3 unspecified atom stereocenters. The fourth-order valence-corrected chi connectivity index (χ4v) is 4.43. The quantitative estimate of drug-likeness (QED) is 0.571. The molecular weight excluding hydrogens is 432 g/mol. The monoisotopic (exact) mass is 456 g/mol. The number of hydroxylamine groups is 2. The molecule has 0 spiro atoms. The Morgan fingerprint density at radius 3 is 2.47 bits per heavy atom. The number of imide groups is 1. The van der Waals surface area contributed by atoms with Gasteiger partial charge in [-0.05, 0) is 42.8 Å². The van der Waals surface area contributed by atoms with Gasteiger partial charge in [-0.25, -0.2) is 4.79 Å². The number of amides is 3. The van der Waals surface area contributed by atoms with Gasteiger partial charge in [0.25, 0.3) is 5.91 Å². The van der Waals surface area contributed by atoms with Crippen molar-refractivity contribution in [3.8, 4) is 5.75 Å². The normalized spacial score (nSPS) is 21.7. The molecule has 0 radical (unpaired) electrons. The van der Waals surface area contributed by atoms with Crippen LogP contribution in [0.1, 0.15) is 12.5 Å². The van der Waals surface area contributed by atoms with Crippen molar-refractivity contribution in [3.05, 3.63) is 66.2 Å². The van der Waals surface area contributed by atoms with E-state index in [1.807, 2.05) is 60.7 Å². The molecule has 2 saturated heterocycles. The second kappa shape index (κ2) is 10.1. The summed E-state index contributed by atoms with van der Waals surface area (Å²) >= 11 is 0.957. The first-order valence-corrected chi connectivity index (χ1v) is 11.3. The van der Waals surface area contributed by atoms with Crippen LogP contribution < -0.4 is 4.74 Å². The highest BCUT2D eigenvalue weighted by Crippen LogP contribution is 2.30. The van der Waals surface area contributed by atoms with Crippen LogP contribution in [0.15, 0.2) is 60.7 Å². The van der Waals surface area contributed by atoms with E-state index >= 15 is 0 Å². The predicted molar refractivity (Wildman–Crippen MR) is 118 cm³/mol. The van der Waals surface area contributed by atoms with Crippen molar-refractivity contribution >= 4 is 29.0 Å². The molecule has 2 aromatic carbocycles. The maximum atomic E-state index is 12.6. The lowest BCUT2D eigenvalue weighted by atomic mass is 10.1. The van der Waals surface area contributed by atoms with Gasteiger partial charge in [0.1, 0.15) is 12.4 Å². The van der Waals surface area contributed by atoms with Gasteiger partial charge >= 0.3 is 11.3 Å². The number of hydrogen-bond acceptors (Lipinski definition) is 7. The maximum Gasteiger partial charge on any atom is 0.410 e. The van der Waals surface area contributed by atoms with Gasteiger partial charge in [0.2, 0.25) is 0 Å². The molecule has 2 heterocycles. The first kappa shape index (κ1) is 22.2. The van der Waals surface area contributed by atoms with Crippen LogP contribution in [0, 0.1) is 0 Å². The number of hydrogen-bond donors (Lipinski definition) is 0. The van der Waals surface area contributed by atoms with Crippen molar-refractivity contribution < 1.29 is 28.7 Å². The number of nitrogens with zero attached hydrogens (tertiary/aromatic N) is 2. The number of cyclic esters (lactones) is 1. The maximum absolute atomic E-state index is 12.6. The molecule has 0 aromatic heterocycles. The van der Waals surface area contributed by atoms with E-state index < -0.39 is 22.7 Å². The molecular formula is C23H24N2O6S. The van der Waals surface area contributed by atoms with Gasteiger partial charge in [0, 0.05) is 0 Å². The zero-order valence-corrected chi connectivity index (χ0v) is 18.4. The Labute approximate surface area is 190 Å². The lowest BCUT2D eigenvalue weighted by Gasteiger charge is -2.23. The molecule has 168 valence electrons. The SMILES string of the molecule is CC(CON1C(=O)SC(Cc2ccccc2)C1=O)N1CC(COc2ccccc2)OC1=O. The molecule has 0 saturated carbocycles. The second-order valence-corrected chi connectivity index (χ2v) is 8.78. The highest BCUT2D eigenvalue weighted by atomic mass is 32.2. The van der Waals surface area contributed by atoms with E-state index in [1.54, 1.807) is 6.92 Å².